The molecule has 0 aromatic heterocycles. The second kappa shape index (κ2) is 12.1. The van der Waals surface area contributed by atoms with Crippen LogP contribution in [-0.4, -0.2) is 48.9 Å². The van der Waals surface area contributed by atoms with Crippen molar-refractivity contribution in [3.05, 3.63) is 71.8 Å². The van der Waals surface area contributed by atoms with Crippen LogP contribution in [0.2, 0.25) is 0 Å². The van der Waals surface area contributed by atoms with Gasteiger partial charge in [0.1, 0.15) is 0 Å². The molecule has 0 heterocycles. The first-order valence-electron chi connectivity index (χ1n) is 9.62. The van der Waals surface area contributed by atoms with Gasteiger partial charge in [-0.15, -0.1) is 0 Å². The third kappa shape index (κ3) is 7.41. The van der Waals surface area contributed by atoms with Crippen molar-refractivity contribution in [3.63, 3.8) is 0 Å². The third-order valence-electron chi connectivity index (χ3n) is 5.27. The lowest BCUT2D eigenvalue weighted by molar-refractivity contribution is -0.123. The minimum absolute atomic E-state index is 0.000932. The minimum Gasteiger partial charge on any atom is -0.391 e. The SMILES string of the molecule is C[C@H](c1ccccc1)N(Cc1ccccc1)[C@@H]1[C@H](O)[C@@H](O)CC[C@@H]1O.ClC(Cl)Cl. The first-order valence-corrected chi connectivity index (χ1v) is 10.9. The Morgan fingerprint density at radius 2 is 1.34 bits per heavy atom. The number of hydrogen-bond acceptors (Lipinski definition) is 4. The number of benzene rings is 2. The van der Waals surface area contributed by atoms with Gasteiger partial charge in [0.25, 0.3) is 0 Å². The smallest absolute Gasteiger partial charge is 0.180 e. The molecule has 0 unspecified atom stereocenters. The van der Waals surface area contributed by atoms with E-state index in [1.54, 1.807) is 0 Å². The predicted octanol–water partition coefficient (Wildman–Crippen LogP) is 4.48. The van der Waals surface area contributed by atoms with Crippen LogP contribution in [0.5, 0.6) is 0 Å². The highest BCUT2D eigenvalue weighted by atomic mass is 35.6. The lowest BCUT2D eigenvalue weighted by Gasteiger charge is -2.45. The number of nitrogens with zero attached hydrogens (tertiary/aromatic N) is 1. The van der Waals surface area contributed by atoms with Crippen LogP contribution in [0.4, 0.5) is 0 Å². The fraction of sp³-hybridized carbons (Fsp3) is 0.455. The van der Waals surface area contributed by atoms with E-state index < -0.39 is 28.6 Å². The summed E-state index contributed by atoms with van der Waals surface area (Å²) >= 11 is 14.4. The highest BCUT2D eigenvalue weighted by Gasteiger charge is 2.42. The van der Waals surface area contributed by atoms with Crippen LogP contribution >= 0.6 is 34.8 Å². The number of alkyl halides is 3. The molecular weight excluding hydrogens is 433 g/mol. The van der Waals surface area contributed by atoms with Crippen LogP contribution in [0.15, 0.2) is 60.7 Å². The molecule has 0 aliphatic heterocycles. The lowest BCUT2D eigenvalue weighted by atomic mass is 9.85. The van der Waals surface area contributed by atoms with Crippen LogP contribution in [0.3, 0.4) is 0 Å². The Labute approximate surface area is 187 Å². The van der Waals surface area contributed by atoms with Crippen molar-refractivity contribution in [2.24, 2.45) is 0 Å². The van der Waals surface area contributed by atoms with Gasteiger partial charge in [-0.2, -0.15) is 0 Å². The summed E-state index contributed by atoms with van der Waals surface area (Å²) < 4.78 is -0.750. The van der Waals surface area contributed by atoms with Crippen molar-refractivity contribution in [1.82, 2.24) is 4.90 Å². The topological polar surface area (TPSA) is 63.9 Å². The molecule has 1 fully saturated rings. The van der Waals surface area contributed by atoms with Gasteiger partial charge in [-0.3, -0.25) is 4.90 Å². The van der Waals surface area contributed by atoms with Gasteiger partial charge in [0.05, 0.1) is 24.4 Å². The van der Waals surface area contributed by atoms with Gasteiger partial charge in [-0.05, 0) is 30.9 Å². The van der Waals surface area contributed by atoms with Crippen LogP contribution in [0, 0.1) is 0 Å². The molecular formula is C22H28Cl3NO3. The highest BCUT2D eigenvalue weighted by Crippen LogP contribution is 2.32. The molecule has 0 amide bonds. The second-order valence-electron chi connectivity index (χ2n) is 7.19. The van der Waals surface area contributed by atoms with Crippen molar-refractivity contribution in [2.75, 3.05) is 0 Å². The zero-order valence-corrected chi connectivity index (χ0v) is 18.5. The van der Waals surface area contributed by atoms with E-state index in [-0.39, 0.29) is 6.04 Å². The number of halogens is 3. The summed E-state index contributed by atoms with van der Waals surface area (Å²) in [6.07, 6.45) is -1.49. The Hall–Kier alpha value is -0.850. The summed E-state index contributed by atoms with van der Waals surface area (Å²) in [6, 6.07) is 19.6. The molecule has 5 atom stereocenters. The van der Waals surface area contributed by atoms with E-state index >= 15 is 0 Å². The van der Waals surface area contributed by atoms with Crippen LogP contribution in [0.25, 0.3) is 0 Å². The first kappa shape index (κ1) is 24.4. The molecule has 160 valence electrons. The Morgan fingerprint density at radius 1 is 0.862 bits per heavy atom. The molecule has 0 radical (unpaired) electrons. The van der Waals surface area contributed by atoms with E-state index in [1.807, 2.05) is 48.5 Å². The molecule has 1 aliphatic rings. The Morgan fingerprint density at radius 3 is 1.90 bits per heavy atom. The van der Waals surface area contributed by atoms with Gasteiger partial charge in [-0.25, -0.2) is 0 Å². The normalized spacial score (nSPS) is 25.4. The molecule has 1 aliphatic carbocycles. The molecule has 2 aromatic carbocycles. The Balaban J connectivity index is 0.000000687. The monoisotopic (exact) mass is 459 g/mol. The summed E-state index contributed by atoms with van der Waals surface area (Å²) in [5, 5.41) is 31.3. The number of aliphatic hydroxyl groups is 3. The summed E-state index contributed by atoms with van der Waals surface area (Å²) in [6.45, 7) is 2.68. The minimum atomic E-state index is -0.960. The zero-order chi connectivity index (χ0) is 21.4. The van der Waals surface area contributed by atoms with Gasteiger partial charge in [0.2, 0.25) is 0 Å². The summed E-state index contributed by atoms with van der Waals surface area (Å²) in [4.78, 5) is 2.11. The van der Waals surface area contributed by atoms with Gasteiger partial charge in [0, 0.05) is 12.6 Å². The molecule has 3 rings (SSSR count). The summed E-state index contributed by atoms with van der Waals surface area (Å²) in [5.41, 5.74) is 2.24. The maximum atomic E-state index is 10.6. The number of aliphatic hydroxyl groups excluding tert-OH is 3. The standard InChI is InChI=1S/C21H27NO3.CHCl3/c1-15(17-10-6-3-7-11-17)22(14-16-8-4-2-5-9-16)20-18(23)12-13-19(24)21(20)25;2-1(3)4/h2-11,15,18-21,23-25H,12-14H2,1H3;1H/t15-,18+,19+,20+,21-;/m1./s1. The molecule has 0 saturated heterocycles. The van der Waals surface area contributed by atoms with Gasteiger partial charge in [-0.1, -0.05) is 95.5 Å². The van der Waals surface area contributed by atoms with E-state index in [1.165, 1.54) is 0 Å². The Bertz CT molecular complexity index is 702. The van der Waals surface area contributed by atoms with Gasteiger partial charge in [0.15, 0.2) is 4.30 Å². The fourth-order valence-corrected chi connectivity index (χ4v) is 3.77. The van der Waals surface area contributed by atoms with E-state index in [4.69, 9.17) is 34.8 Å². The average molecular weight is 461 g/mol. The number of rotatable bonds is 5. The largest absolute Gasteiger partial charge is 0.391 e. The molecule has 4 nitrogen and oxygen atoms in total. The van der Waals surface area contributed by atoms with Crippen molar-refractivity contribution in [2.45, 2.75) is 61.0 Å². The van der Waals surface area contributed by atoms with Crippen LogP contribution < -0.4 is 0 Å². The summed E-state index contributed by atoms with van der Waals surface area (Å²) in [5.74, 6) is 0. The lowest BCUT2D eigenvalue weighted by Crippen LogP contribution is -2.58. The van der Waals surface area contributed by atoms with Crippen molar-refractivity contribution in [1.29, 1.82) is 0 Å². The zero-order valence-electron chi connectivity index (χ0n) is 16.3. The van der Waals surface area contributed by atoms with Crippen LogP contribution in [-0.2, 0) is 6.54 Å². The van der Waals surface area contributed by atoms with Crippen molar-refractivity contribution < 1.29 is 15.3 Å². The molecule has 1 saturated carbocycles. The highest BCUT2D eigenvalue weighted by molar-refractivity contribution is 6.63. The van der Waals surface area contributed by atoms with Gasteiger partial charge >= 0.3 is 0 Å². The van der Waals surface area contributed by atoms with Crippen LogP contribution in [0.1, 0.15) is 36.9 Å². The average Bonchev–Trinajstić information content (AvgIpc) is 2.71. The third-order valence-corrected chi connectivity index (χ3v) is 5.27. The number of hydrogen-bond donors (Lipinski definition) is 3. The molecule has 0 bridgehead atoms. The predicted molar refractivity (Wildman–Crippen MR) is 119 cm³/mol. The van der Waals surface area contributed by atoms with Crippen molar-refractivity contribution in [3.8, 4) is 0 Å². The summed E-state index contributed by atoms with van der Waals surface area (Å²) in [7, 11) is 0. The van der Waals surface area contributed by atoms with E-state index in [0.717, 1.165) is 11.1 Å². The second-order valence-corrected chi connectivity index (χ2v) is 9.16. The van der Waals surface area contributed by atoms with E-state index in [9.17, 15) is 15.3 Å². The quantitative estimate of drug-likeness (QED) is 0.576. The van der Waals surface area contributed by atoms with Crippen molar-refractivity contribution >= 4 is 34.8 Å². The Kier molecular flexibility index (Phi) is 10.2. The maximum absolute atomic E-state index is 10.6. The fourth-order valence-electron chi connectivity index (χ4n) is 3.77. The van der Waals surface area contributed by atoms with Gasteiger partial charge < -0.3 is 15.3 Å². The molecule has 3 N–H and O–H groups in total. The molecule has 0 spiro atoms. The van der Waals surface area contributed by atoms with E-state index in [0.29, 0.717) is 19.4 Å². The molecule has 7 heteroatoms. The van der Waals surface area contributed by atoms with E-state index in [2.05, 4.69) is 24.0 Å². The molecule has 29 heavy (non-hydrogen) atoms. The first-order chi connectivity index (χ1) is 13.8. The maximum Gasteiger partial charge on any atom is 0.180 e. The molecule has 2 aromatic rings.